The van der Waals surface area contributed by atoms with Crippen LogP contribution in [0.25, 0.3) is 0 Å². The molecule has 0 aromatic heterocycles. The molecular formula is C21H25N3O6S. The topological polar surface area (TPSA) is 114 Å². The standard InChI is InChI=1S/C21H25N3O6S/c1-5-16-21(26)23-15-10-13(2)19(11-18(15)30-16)31(27,28)24(3)12-20(25)22-14-8-6-7-9-17(14)29-4/h6-11,16H,5,12H2,1-4H3,(H,22,25)(H,23,26)/t16-/m1/s1. The van der Waals surface area contributed by atoms with Gasteiger partial charge in [-0.15, -0.1) is 0 Å². The molecule has 2 amide bonds. The van der Waals surface area contributed by atoms with E-state index in [1.165, 1.54) is 20.2 Å². The van der Waals surface area contributed by atoms with Crippen LogP contribution in [0.15, 0.2) is 41.3 Å². The van der Waals surface area contributed by atoms with Crippen molar-refractivity contribution in [2.45, 2.75) is 31.3 Å². The van der Waals surface area contributed by atoms with Crippen LogP contribution in [0.3, 0.4) is 0 Å². The average Bonchev–Trinajstić information content (AvgIpc) is 2.73. The van der Waals surface area contributed by atoms with Gasteiger partial charge in [0.05, 0.1) is 29.9 Å². The number of sulfonamides is 1. The van der Waals surface area contributed by atoms with Crippen LogP contribution in [-0.2, 0) is 19.6 Å². The molecule has 1 aliphatic rings. The SMILES string of the molecule is CC[C@H]1Oc2cc(S(=O)(=O)N(C)CC(=O)Nc3ccccc3OC)c(C)cc2NC1=O. The summed E-state index contributed by atoms with van der Waals surface area (Å²) in [5.74, 6) is -0.0325. The molecule has 0 bridgehead atoms. The van der Waals surface area contributed by atoms with Crippen molar-refractivity contribution >= 4 is 33.2 Å². The van der Waals surface area contributed by atoms with Crippen LogP contribution in [0, 0.1) is 6.92 Å². The summed E-state index contributed by atoms with van der Waals surface area (Å²) in [5.41, 5.74) is 1.29. The first kappa shape index (κ1) is 22.6. The first-order valence-electron chi connectivity index (χ1n) is 9.68. The second-order valence-electron chi connectivity index (χ2n) is 7.13. The van der Waals surface area contributed by atoms with Crippen molar-refractivity contribution in [3.63, 3.8) is 0 Å². The molecule has 0 fully saturated rings. The number of para-hydroxylation sites is 2. The van der Waals surface area contributed by atoms with Gasteiger partial charge in [0, 0.05) is 13.1 Å². The maximum atomic E-state index is 13.1. The fourth-order valence-corrected chi connectivity index (χ4v) is 4.57. The number of amides is 2. The van der Waals surface area contributed by atoms with Crippen molar-refractivity contribution in [1.82, 2.24) is 4.31 Å². The number of rotatable bonds is 7. The molecule has 0 spiro atoms. The number of nitrogens with zero attached hydrogens (tertiary/aromatic N) is 1. The van der Waals surface area contributed by atoms with Crippen molar-refractivity contribution in [1.29, 1.82) is 0 Å². The monoisotopic (exact) mass is 447 g/mol. The van der Waals surface area contributed by atoms with Crippen LogP contribution < -0.4 is 20.1 Å². The van der Waals surface area contributed by atoms with E-state index >= 15 is 0 Å². The van der Waals surface area contributed by atoms with Crippen molar-refractivity contribution in [2.24, 2.45) is 0 Å². The highest BCUT2D eigenvalue weighted by atomic mass is 32.2. The van der Waals surface area contributed by atoms with Crippen molar-refractivity contribution < 1.29 is 27.5 Å². The van der Waals surface area contributed by atoms with Crippen LogP contribution in [0.2, 0.25) is 0 Å². The zero-order valence-electron chi connectivity index (χ0n) is 17.8. The molecule has 1 atom stereocenters. The lowest BCUT2D eigenvalue weighted by Crippen LogP contribution is -2.37. The van der Waals surface area contributed by atoms with Gasteiger partial charge < -0.3 is 20.1 Å². The highest BCUT2D eigenvalue weighted by Crippen LogP contribution is 2.35. The van der Waals surface area contributed by atoms with Gasteiger partial charge >= 0.3 is 0 Å². The molecule has 31 heavy (non-hydrogen) atoms. The van der Waals surface area contributed by atoms with Gasteiger partial charge in [-0.05, 0) is 37.1 Å². The Bertz CT molecular complexity index is 1120. The Morgan fingerprint density at radius 1 is 1.29 bits per heavy atom. The lowest BCUT2D eigenvalue weighted by Gasteiger charge is -2.27. The molecule has 2 aromatic rings. The summed E-state index contributed by atoms with van der Waals surface area (Å²) in [7, 11) is -1.19. The number of carbonyl (C=O) groups is 2. The number of nitrogens with one attached hydrogen (secondary N) is 2. The molecule has 10 heteroatoms. The minimum Gasteiger partial charge on any atom is -0.495 e. The molecule has 2 N–H and O–H groups in total. The predicted molar refractivity (Wildman–Crippen MR) is 116 cm³/mol. The zero-order chi connectivity index (χ0) is 22.8. The number of methoxy groups -OCH3 is 1. The van der Waals surface area contributed by atoms with Crippen LogP contribution in [0.4, 0.5) is 11.4 Å². The fourth-order valence-electron chi connectivity index (χ4n) is 3.22. The average molecular weight is 448 g/mol. The van der Waals surface area contributed by atoms with Crippen LogP contribution in [0.1, 0.15) is 18.9 Å². The lowest BCUT2D eigenvalue weighted by molar-refractivity contribution is -0.123. The van der Waals surface area contributed by atoms with Gasteiger partial charge in [-0.1, -0.05) is 19.1 Å². The van der Waals surface area contributed by atoms with Gasteiger partial charge in [0.1, 0.15) is 11.5 Å². The molecule has 0 saturated heterocycles. The molecule has 0 unspecified atom stereocenters. The van der Waals surface area contributed by atoms with Gasteiger partial charge in [-0.3, -0.25) is 9.59 Å². The fraction of sp³-hybridized carbons (Fsp3) is 0.333. The molecule has 0 saturated carbocycles. The third-order valence-corrected chi connectivity index (χ3v) is 6.85. The molecule has 0 aliphatic carbocycles. The van der Waals surface area contributed by atoms with E-state index in [0.29, 0.717) is 29.1 Å². The van der Waals surface area contributed by atoms with Crippen LogP contribution in [-0.4, -0.2) is 51.3 Å². The number of carbonyl (C=O) groups excluding carboxylic acids is 2. The van der Waals surface area contributed by atoms with E-state index in [1.54, 1.807) is 44.2 Å². The Morgan fingerprint density at radius 2 is 2.00 bits per heavy atom. The van der Waals surface area contributed by atoms with E-state index < -0.39 is 28.6 Å². The first-order chi connectivity index (χ1) is 14.7. The molecule has 2 aromatic carbocycles. The van der Waals surface area contributed by atoms with E-state index in [4.69, 9.17) is 9.47 Å². The smallest absolute Gasteiger partial charge is 0.265 e. The van der Waals surface area contributed by atoms with Gasteiger partial charge in [-0.2, -0.15) is 4.31 Å². The van der Waals surface area contributed by atoms with E-state index in [9.17, 15) is 18.0 Å². The third kappa shape index (κ3) is 4.64. The molecule has 166 valence electrons. The summed E-state index contributed by atoms with van der Waals surface area (Å²) in [6.45, 7) is 3.02. The number of ether oxygens (including phenoxy) is 2. The second kappa shape index (κ2) is 8.94. The van der Waals surface area contributed by atoms with Gasteiger partial charge in [-0.25, -0.2) is 8.42 Å². The summed E-state index contributed by atoms with van der Waals surface area (Å²) in [4.78, 5) is 24.5. The Hall–Kier alpha value is -3.11. The summed E-state index contributed by atoms with van der Waals surface area (Å²) >= 11 is 0. The van der Waals surface area contributed by atoms with E-state index in [0.717, 1.165) is 4.31 Å². The zero-order valence-corrected chi connectivity index (χ0v) is 18.6. The Morgan fingerprint density at radius 3 is 2.68 bits per heavy atom. The Balaban J connectivity index is 1.81. The summed E-state index contributed by atoms with van der Waals surface area (Å²) in [6.07, 6.45) is -0.236. The number of anilines is 2. The summed E-state index contributed by atoms with van der Waals surface area (Å²) in [6, 6.07) is 9.78. The van der Waals surface area contributed by atoms with Crippen molar-refractivity contribution in [3.8, 4) is 11.5 Å². The first-order valence-corrected chi connectivity index (χ1v) is 11.1. The second-order valence-corrected chi connectivity index (χ2v) is 9.14. The van der Waals surface area contributed by atoms with E-state index in [1.807, 2.05) is 0 Å². The maximum Gasteiger partial charge on any atom is 0.265 e. The Kier molecular flexibility index (Phi) is 6.51. The molecule has 1 heterocycles. The number of likely N-dealkylation sites (N-methyl/N-ethyl adjacent to an activating group) is 1. The molecule has 3 rings (SSSR count). The highest BCUT2D eigenvalue weighted by molar-refractivity contribution is 7.89. The minimum atomic E-state index is -4.00. The third-order valence-electron chi connectivity index (χ3n) is 4.90. The number of fused-ring (bicyclic) bond motifs is 1. The van der Waals surface area contributed by atoms with Crippen molar-refractivity contribution in [3.05, 3.63) is 42.0 Å². The molecule has 9 nitrogen and oxygen atoms in total. The maximum absolute atomic E-state index is 13.1. The highest BCUT2D eigenvalue weighted by Gasteiger charge is 2.31. The number of hydrogen-bond donors (Lipinski definition) is 2. The van der Waals surface area contributed by atoms with E-state index in [-0.39, 0.29) is 16.6 Å². The minimum absolute atomic E-state index is 0.00448. The summed E-state index contributed by atoms with van der Waals surface area (Å²) in [5, 5.41) is 5.39. The largest absolute Gasteiger partial charge is 0.495 e. The number of hydrogen-bond acceptors (Lipinski definition) is 6. The van der Waals surface area contributed by atoms with E-state index in [2.05, 4.69) is 10.6 Å². The quantitative estimate of drug-likeness (QED) is 0.674. The predicted octanol–water partition coefficient (Wildman–Crippen LogP) is 2.37. The van der Waals surface area contributed by atoms with Gasteiger partial charge in [0.25, 0.3) is 5.91 Å². The lowest BCUT2D eigenvalue weighted by atomic mass is 10.1. The van der Waals surface area contributed by atoms with Crippen LogP contribution >= 0.6 is 0 Å². The van der Waals surface area contributed by atoms with Crippen LogP contribution in [0.5, 0.6) is 11.5 Å². The molecule has 0 radical (unpaired) electrons. The molecular weight excluding hydrogens is 422 g/mol. The Labute approximate surface area is 181 Å². The number of benzene rings is 2. The summed E-state index contributed by atoms with van der Waals surface area (Å²) < 4.78 is 38.1. The number of aryl methyl sites for hydroxylation is 1. The van der Waals surface area contributed by atoms with Gasteiger partial charge in [0.15, 0.2) is 6.10 Å². The normalized spacial score (nSPS) is 15.6. The van der Waals surface area contributed by atoms with Gasteiger partial charge in [0.2, 0.25) is 15.9 Å². The molecule has 1 aliphatic heterocycles. The van der Waals surface area contributed by atoms with Crippen molar-refractivity contribution in [2.75, 3.05) is 31.3 Å².